The molecule has 1 aliphatic rings. The lowest BCUT2D eigenvalue weighted by molar-refractivity contribution is -0.136. The van der Waals surface area contributed by atoms with Crippen LogP contribution >= 0.6 is 11.8 Å². The van der Waals surface area contributed by atoms with Crippen LogP contribution in [-0.4, -0.2) is 21.7 Å². The van der Waals surface area contributed by atoms with E-state index in [-0.39, 0.29) is 45.5 Å². The summed E-state index contributed by atoms with van der Waals surface area (Å²) in [5, 5.41) is 0.0563. The lowest BCUT2D eigenvalue weighted by Gasteiger charge is -2.13. The molecule has 1 N–H and O–H groups in total. The van der Waals surface area contributed by atoms with E-state index in [0.29, 0.717) is 16.8 Å². The van der Waals surface area contributed by atoms with Gasteiger partial charge >= 0.3 is 6.18 Å². The van der Waals surface area contributed by atoms with E-state index in [2.05, 4.69) is 15.0 Å². The van der Waals surface area contributed by atoms with Gasteiger partial charge in [0.25, 0.3) is 5.56 Å². The van der Waals surface area contributed by atoms with Gasteiger partial charge in [0.15, 0.2) is 11.5 Å². The summed E-state index contributed by atoms with van der Waals surface area (Å²) in [6.45, 7) is -0.0506. The van der Waals surface area contributed by atoms with Gasteiger partial charge in [-0.15, -0.1) is 0 Å². The Morgan fingerprint density at radius 1 is 1.03 bits per heavy atom. The number of pyridine rings is 1. The number of alkyl halides is 3. The van der Waals surface area contributed by atoms with Crippen LogP contribution < -0.4 is 15.0 Å². The zero-order valence-electron chi connectivity index (χ0n) is 15.1. The molecule has 6 nitrogen and oxygen atoms in total. The molecular formula is C20H12F3N3O3S. The maximum absolute atomic E-state index is 13.7. The Hall–Kier alpha value is -3.27. The zero-order chi connectivity index (χ0) is 20.9. The van der Waals surface area contributed by atoms with Crippen molar-refractivity contribution >= 4 is 33.7 Å². The van der Waals surface area contributed by atoms with E-state index in [1.54, 1.807) is 24.3 Å². The van der Waals surface area contributed by atoms with Crippen LogP contribution in [0.1, 0.15) is 11.3 Å². The largest absolute Gasteiger partial charge is 0.454 e. The van der Waals surface area contributed by atoms with Gasteiger partial charge in [-0.25, -0.2) is 9.97 Å². The van der Waals surface area contributed by atoms with E-state index in [1.807, 2.05) is 0 Å². The molecular weight excluding hydrogens is 419 g/mol. The van der Waals surface area contributed by atoms with Crippen molar-refractivity contribution in [1.82, 2.24) is 15.0 Å². The second-order valence-electron chi connectivity index (χ2n) is 6.55. The van der Waals surface area contributed by atoms with Gasteiger partial charge in [-0.05, 0) is 24.3 Å². The number of aromatic amines is 1. The highest BCUT2D eigenvalue weighted by Crippen LogP contribution is 2.42. The second-order valence-corrected chi connectivity index (χ2v) is 7.54. The first-order valence-electron chi connectivity index (χ1n) is 8.81. The number of aromatic nitrogens is 3. The van der Waals surface area contributed by atoms with Crippen LogP contribution in [0.2, 0.25) is 0 Å². The second kappa shape index (κ2) is 6.91. The van der Waals surface area contributed by atoms with E-state index in [0.717, 1.165) is 17.8 Å². The summed E-state index contributed by atoms with van der Waals surface area (Å²) in [6.07, 6.45) is -4.58. The number of thioether (sulfide) groups is 1. The van der Waals surface area contributed by atoms with E-state index in [1.165, 1.54) is 12.1 Å². The van der Waals surface area contributed by atoms with Gasteiger partial charge in [0.2, 0.25) is 6.79 Å². The van der Waals surface area contributed by atoms with Gasteiger partial charge in [-0.1, -0.05) is 23.9 Å². The summed E-state index contributed by atoms with van der Waals surface area (Å²) in [5.74, 6) is 0.667. The molecule has 2 aromatic carbocycles. The van der Waals surface area contributed by atoms with Crippen LogP contribution in [0, 0.1) is 0 Å². The van der Waals surface area contributed by atoms with Crippen molar-refractivity contribution in [3.8, 4) is 11.5 Å². The smallest absolute Gasteiger partial charge is 0.417 e. The van der Waals surface area contributed by atoms with Gasteiger partial charge < -0.3 is 14.5 Å². The Balaban J connectivity index is 1.54. The minimum Gasteiger partial charge on any atom is -0.454 e. The molecule has 0 amide bonds. The number of nitrogens with one attached hydrogen (secondary N) is 1. The monoisotopic (exact) mass is 431 g/mol. The fourth-order valence-corrected chi connectivity index (χ4v) is 4.05. The number of H-pyrrole nitrogens is 1. The molecule has 0 unspecified atom stereocenters. The predicted molar refractivity (Wildman–Crippen MR) is 105 cm³/mol. The zero-order valence-corrected chi connectivity index (χ0v) is 15.9. The van der Waals surface area contributed by atoms with Crippen molar-refractivity contribution < 1.29 is 22.6 Å². The molecule has 0 atom stereocenters. The minimum absolute atomic E-state index is 0.0506. The summed E-state index contributed by atoms with van der Waals surface area (Å²) in [4.78, 5) is 23.6. The van der Waals surface area contributed by atoms with Crippen molar-refractivity contribution in [1.29, 1.82) is 0 Å². The Bertz CT molecular complexity index is 1350. The molecule has 0 saturated heterocycles. The van der Waals surface area contributed by atoms with E-state index in [4.69, 9.17) is 9.47 Å². The number of hydrogen-bond donors (Lipinski definition) is 1. The highest BCUT2D eigenvalue weighted by Gasteiger charge is 2.34. The van der Waals surface area contributed by atoms with Gasteiger partial charge in [0.05, 0.1) is 27.1 Å². The van der Waals surface area contributed by atoms with Crippen LogP contribution in [0.5, 0.6) is 11.5 Å². The number of hydrogen-bond acceptors (Lipinski definition) is 6. The SMILES string of the molecule is O=c1[nH]c2ccccc2nc1CSc1cc(C(F)(F)F)c2cc3c(cc2n1)OCO3. The molecule has 0 bridgehead atoms. The van der Waals surface area contributed by atoms with Crippen LogP contribution in [0.4, 0.5) is 13.2 Å². The third-order valence-corrected chi connectivity index (χ3v) is 5.53. The fourth-order valence-electron chi connectivity index (χ4n) is 3.21. The maximum Gasteiger partial charge on any atom is 0.417 e. The predicted octanol–water partition coefficient (Wildman–Crippen LogP) is 4.51. The van der Waals surface area contributed by atoms with Gasteiger partial charge in [0.1, 0.15) is 5.69 Å². The van der Waals surface area contributed by atoms with Crippen LogP contribution in [-0.2, 0) is 11.9 Å². The van der Waals surface area contributed by atoms with E-state index in [9.17, 15) is 18.0 Å². The van der Waals surface area contributed by atoms with Crippen molar-refractivity contribution in [2.24, 2.45) is 0 Å². The molecule has 0 fully saturated rings. The maximum atomic E-state index is 13.7. The Labute approximate surface area is 171 Å². The quantitative estimate of drug-likeness (QED) is 0.481. The topological polar surface area (TPSA) is 77.1 Å². The number of nitrogens with zero attached hydrogens (tertiary/aromatic N) is 2. The van der Waals surface area contributed by atoms with Crippen molar-refractivity contribution in [2.75, 3.05) is 6.79 Å². The van der Waals surface area contributed by atoms with Crippen LogP contribution in [0.3, 0.4) is 0 Å². The fraction of sp³-hybridized carbons (Fsp3) is 0.150. The lowest BCUT2D eigenvalue weighted by atomic mass is 10.1. The number of halogens is 3. The molecule has 152 valence electrons. The Morgan fingerprint density at radius 2 is 1.80 bits per heavy atom. The average molecular weight is 431 g/mol. The summed E-state index contributed by atoms with van der Waals surface area (Å²) in [6, 6.07) is 10.7. The molecule has 1 aliphatic heterocycles. The summed E-state index contributed by atoms with van der Waals surface area (Å²) < 4.78 is 51.5. The molecule has 0 saturated carbocycles. The van der Waals surface area contributed by atoms with Crippen LogP contribution in [0.15, 0.2) is 52.3 Å². The highest BCUT2D eigenvalue weighted by atomic mass is 32.2. The average Bonchev–Trinajstić information content (AvgIpc) is 3.16. The highest BCUT2D eigenvalue weighted by molar-refractivity contribution is 7.98. The molecule has 4 aromatic rings. The third-order valence-electron chi connectivity index (χ3n) is 4.61. The molecule has 0 aliphatic carbocycles. The van der Waals surface area contributed by atoms with Gasteiger partial charge in [0, 0.05) is 17.2 Å². The van der Waals surface area contributed by atoms with Gasteiger partial charge in [-0.3, -0.25) is 4.79 Å². The number of ether oxygens (including phenoxy) is 2. The van der Waals surface area contributed by atoms with Crippen LogP contribution in [0.25, 0.3) is 21.9 Å². The van der Waals surface area contributed by atoms with Crippen molar-refractivity contribution in [3.05, 3.63) is 64.1 Å². The molecule has 0 spiro atoms. The number of rotatable bonds is 3. The molecule has 0 radical (unpaired) electrons. The summed E-state index contributed by atoms with van der Waals surface area (Å²) >= 11 is 1.01. The summed E-state index contributed by atoms with van der Waals surface area (Å²) in [7, 11) is 0. The molecule has 30 heavy (non-hydrogen) atoms. The number of fused-ring (bicyclic) bond motifs is 3. The van der Waals surface area contributed by atoms with E-state index >= 15 is 0 Å². The number of benzene rings is 2. The minimum atomic E-state index is -4.58. The summed E-state index contributed by atoms with van der Waals surface area (Å²) in [5.41, 5.74) is 0.324. The first kappa shape index (κ1) is 18.7. The van der Waals surface area contributed by atoms with Gasteiger partial charge in [-0.2, -0.15) is 13.2 Å². The van der Waals surface area contributed by atoms with E-state index < -0.39 is 11.7 Å². The van der Waals surface area contributed by atoms with Crippen molar-refractivity contribution in [2.45, 2.75) is 17.0 Å². The molecule has 5 rings (SSSR count). The van der Waals surface area contributed by atoms with Crippen molar-refractivity contribution in [3.63, 3.8) is 0 Å². The number of para-hydroxylation sites is 2. The molecule has 3 heterocycles. The molecule has 2 aromatic heterocycles. The normalized spacial score (nSPS) is 13.3. The lowest BCUT2D eigenvalue weighted by Crippen LogP contribution is -2.14. The Morgan fingerprint density at radius 3 is 2.60 bits per heavy atom. The third kappa shape index (κ3) is 3.32. The first-order chi connectivity index (χ1) is 14.4. The first-order valence-corrected chi connectivity index (χ1v) is 9.79. The standard InChI is InChI=1S/C20H12F3N3O3S/c21-20(22,23)11-6-18(25-14-7-17-16(5-10(11)14)28-9-29-17)30-8-15-19(27)26-13-4-2-1-3-12(13)24-15/h1-7H,8-9H2,(H,26,27). The Kier molecular flexibility index (Phi) is 4.31. The molecule has 10 heteroatoms.